The first-order valence-electron chi connectivity index (χ1n) is 4.86. The smallest absolute Gasteiger partial charge is 0.340 e. The molecule has 0 saturated heterocycles. The van der Waals surface area contributed by atoms with Crippen LogP contribution in [0.4, 0.5) is 0 Å². The van der Waals surface area contributed by atoms with Gasteiger partial charge in [0.1, 0.15) is 11.1 Å². The van der Waals surface area contributed by atoms with Crippen LogP contribution >= 0.6 is 11.3 Å². The van der Waals surface area contributed by atoms with Crippen LogP contribution in [0.5, 0.6) is 0 Å². The highest BCUT2D eigenvalue weighted by Gasteiger charge is 2.29. The van der Waals surface area contributed by atoms with E-state index in [0.717, 1.165) is 10.6 Å². The lowest BCUT2D eigenvalue weighted by atomic mass is 10.1. The average Bonchev–Trinajstić information content (AvgIpc) is 2.88. The number of ether oxygens (including phenoxy) is 1. The van der Waals surface area contributed by atoms with E-state index in [1.807, 2.05) is 12.3 Å². The highest BCUT2D eigenvalue weighted by Crippen LogP contribution is 2.31. The van der Waals surface area contributed by atoms with Crippen LogP contribution < -0.4 is 0 Å². The first-order chi connectivity index (χ1) is 7.75. The standard InChI is InChI=1S/C11H8N2O2S/c1-6-9-8(11(14)15-6)4-7(5-13-9)10-12-2-3-16-10/h2-6H,1H3. The molecule has 0 aromatic carbocycles. The Morgan fingerprint density at radius 1 is 1.44 bits per heavy atom. The van der Waals surface area contributed by atoms with Crippen LogP contribution in [0.1, 0.15) is 29.1 Å². The van der Waals surface area contributed by atoms with Crippen molar-refractivity contribution in [3.8, 4) is 10.6 Å². The number of rotatable bonds is 1. The molecule has 5 heteroatoms. The van der Waals surface area contributed by atoms with Crippen molar-refractivity contribution in [1.29, 1.82) is 0 Å². The van der Waals surface area contributed by atoms with Gasteiger partial charge in [-0.15, -0.1) is 11.3 Å². The van der Waals surface area contributed by atoms with Crippen molar-refractivity contribution in [3.05, 3.63) is 35.1 Å². The van der Waals surface area contributed by atoms with Crippen molar-refractivity contribution in [2.24, 2.45) is 0 Å². The Balaban J connectivity index is 2.13. The van der Waals surface area contributed by atoms with Gasteiger partial charge < -0.3 is 4.74 Å². The van der Waals surface area contributed by atoms with Gasteiger partial charge in [0.2, 0.25) is 0 Å². The lowest BCUT2D eigenvalue weighted by Gasteiger charge is -2.01. The Morgan fingerprint density at radius 2 is 2.31 bits per heavy atom. The molecule has 3 heterocycles. The summed E-state index contributed by atoms with van der Waals surface area (Å²) >= 11 is 1.52. The molecule has 0 saturated carbocycles. The van der Waals surface area contributed by atoms with Crippen LogP contribution in [0, 0.1) is 0 Å². The molecule has 2 aromatic rings. The van der Waals surface area contributed by atoms with Gasteiger partial charge in [0.25, 0.3) is 0 Å². The van der Waals surface area contributed by atoms with Gasteiger partial charge in [-0.1, -0.05) is 0 Å². The second-order valence-corrected chi connectivity index (χ2v) is 4.44. The molecule has 16 heavy (non-hydrogen) atoms. The second kappa shape index (κ2) is 3.38. The number of thiazole rings is 1. The zero-order valence-corrected chi connectivity index (χ0v) is 9.32. The van der Waals surface area contributed by atoms with Crippen molar-refractivity contribution in [2.45, 2.75) is 13.0 Å². The maximum atomic E-state index is 11.5. The van der Waals surface area contributed by atoms with Gasteiger partial charge in [0, 0.05) is 23.3 Å². The minimum absolute atomic E-state index is 0.243. The highest BCUT2D eigenvalue weighted by atomic mass is 32.1. The lowest BCUT2D eigenvalue weighted by molar-refractivity contribution is 0.0418. The topological polar surface area (TPSA) is 52.1 Å². The zero-order chi connectivity index (χ0) is 11.1. The number of hydrogen-bond acceptors (Lipinski definition) is 5. The molecule has 0 N–H and O–H groups in total. The maximum Gasteiger partial charge on any atom is 0.340 e. The molecule has 2 aromatic heterocycles. The molecular formula is C11H8N2O2S. The van der Waals surface area contributed by atoms with Crippen LogP contribution in [-0.2, 0) is 4.74 Å². The molecule has 0 spiro atoms. The number of nitrogens with zero attached hydrogens (tertiary/aromatic N) is 2. The van der Waals surface area contributed by atoms with E-state index in [2.05, 4.69) is 9.97 Å². The number of carbonyl (C=O) groups excluding carboxylic acids is 1. The summed E-state index contributed by atoms with van der Waals surface area (Å²) in [4.78, 5) is 20.0. The van der Waals surface area contributed by atoms with Crippen molar-refractivity contribution >= 4 is 17.3 Å². The van der Waals surface area contributed by atoms with E-state index in [1.165, 1.54) is 11.3 Å². The predicted octanol–water partition coefficient (Wildman–Crippen LogP) is 2.44. The number of cyclic esters (lactones) is 1. The summed E-state index contributed by atoms with van der Waals surface area (Å²) in [5.74, 6) is -0.298. The third-order valence-electron chi connectivity index (χ3n) is 2.49. The molecular weight excluding hydrogens is 224 g/mol. The first kappa shape index (κ1) is 9.47. The summed E-state index contributed by atoms with van der Waals surface area (Å²) in [5.41, 5.74) is 2.13. The molecule has 3 rings (SSSR count). The summed E-state index contributed by atoms with van der Waals surface area (Å²) in [6, 6.07) is 1.80. The quantitative estimate of drug-likeness (QED) is 0.708. The second-order valence-electron chi connectivity index (χ2n) is 3.54. The average molecular weight is 232 g/mol. The summed E-state index contributed by atoms with van der Waals surface area (Å²) < 4.78 is 5.09. The Kier molecular flexibility index (Phi) is 2.00. The fourth-order valence-corrected chi connectivity index (χ4v) is 2.35. The third-order valence-corrected chi connectivity index (χ3v) is 3.31. The van der Waals surface area contributed by atoms with Crippen molar-refractivity contribution in [1.82, 2.24) is 9.97 Å². The van der Waals surface area contributed by atoms with Crippen LogP contribution in [0.3, 0.4) is 0 Å². The monoisotopic (exact) mass is 232 g/mol. The van der Waals surface area contributed by atoms with E-state index in [0.29, 0.717) is 11.3 Å². The van der Waals surface area contributed by atoms with Crippen molar-refractivity contribution in [2.75, 3.05) is 0 Å². The Bertz CT molecular complexity index is 551. The van der Waals surface area contributed by atoms with Gasteiger partial charge in [-0.3, -0.25) is 4.98 Å². The van der Waals surface area contributed by atoms with Gasteiger partial charge in [-0.05, 0) is 13.0 Å². The normalized spacial score (nSPS) is 18.3. The number of hydrogen-bond donors (Lipinski definition) is 0. The molecule has 4 nitrogen and oxygen atoms in total. The number of aromatic nitrogens is 2. The van der Waals surface area contributed by atoms with E-state index in [1.54, 1.807) is 18.5 Å². The molecule has 0 bridgehead atoms. The molecule has 0 aliphatic carbocycles. The van der Waals surface area contributed by atoms with E-state index in [-0.39, 0.29) is 12.1 Å². The molecule has 80 valence electrons. The fourth-order valence-electron chi connectivity index (χ4n) is 1.73. The molecule has 0 radical (unpaired) electrons. The molecule has 1 aliphatic heterocycles. The van der Waals surface area contributed by atoms with Gasteiger partial charge >= 0.3 is 5.97 Å². The van der Waals surface area contributed by atoms with Crippen LogP contribution in [0.2, 0.25) is 0 Å². The van der Waals surface area contributed by atoms with E-state index in [4.69, 9.17) is 4.74 Å². The van der Waals surface area contributed by atoms with Crippen LogP contribution in [-0.4, -0.2) is 15.9 Å². The minimum Gasteiger partial charge on any atom is -0.452 e. The Hall–Kier alpha value is -1.75. The summed E-state index contributed by atoms with van der Waals surface area (Å²) in [6.07, 6.45) is 3.22. The third kappa shape index (κ3) is 1.32. The number of fused-ring (bicyclic) bond motifs is 1. The zero-order valence-electron chi connectivity index (χ0n) is 8.51. The molecule has 0 amide bonds. The Morgan fingerprint density at radius 3 is 3.06 bits per heavy atom. The van der Waals surface area contributed by atoms with Gasteiger partial charge in [-0.25, -0.2) is 9.78 Å². The number of esters is 1. The lowest BCUT2D eigenvalue weighted by Crippen LogP contribution is -1.95. The number of carbonyl (C=O) groups is 1. The van der Waals surface area contributed by atoms with Crippen LogP contribution in [0.15, 0.2) is 23.8 Å². The SMILES string of the molecule is CC1OC(=O)c2cc(-c3nccs3)cnc21. The summed E-state index contributed by atoms with van der Waals surface area (Å²) in [6.45, 7) is 1.82. The summed E-state index contributed by atoms with van der Waals surface area (Å²) in [7, 11) is 0. The predicted molar refractivity (Wildman–Crippen MR) is 59.2 cm³/mol. The maximum absolute atomic E-state index is 11.5. The van der Waals surface area contributed by atoms with Gasteiger partial charge in [-0.2, -0.15) is 0 Å². The van der Waals surface area contributed by atoms with E-state index in [9.17, 15) is 4.79 Å². The molecule has 0 fully saturated rings. The number of pyridine rings is 1. The van der Waals surface area contributed by atoms with Crippen molar-refractivity contribution < 1.29 is 9.53 Å². The van der Waals surface area contributed by atoms with Crippen molar-refractivity contribution in [3.63, 3.8) is 0 Å². The van der Waals surface area contributed by atoms with E-state index >= 15 is 0 Å². The summed E-state index contributed by atoms with van der Waals surface area (Å²) in [5, 5.41) is 2.76. The molecule has 1 aliphatic rings. The fraction of sp³-hybridized carbons (Fsp3) is 0.182. The van der Waals surface area contributed by atoms with Crippen LogP contribution in [0.25, 0.3) is 10.6 Å². The highest BCUT2D eigenvalue weighted by molar-refractivity contribution is 7.13. The molecule has 1 atom stereocenters. The van der Waals surface area contributed by atoms with Gasteiger partial charge in [0.05, 0.1) is 11.3 Å². The minimum atomic E-state index is -0.298. The van der Waals surface area contributed by atoms with Gasteiger partial charge in [0.15, 0.2) is 0 Å². The first-order valence-corrected chi connectivity index (χ1v) is 5.74. The molecule has 1 unspecified atom stereocenters. The Labute approximate surface area is 95.9 Å². The van der Waals surface area contributed by atoms with E-state index < -0.39 is 0 Å². The largest absolute Gasteiger partial charge is 0.452 e.